The van der Waals surface area contributed by atoms with E-state index < -0.39 is 0 Å². The summed E-state index contributed by atoms with van der Waals surface area (Å²) in [5, 5.41) is 10.6. The van der Waals surface area contributed by atoms with E-state index >= 15 is 0 Å². The van der Waals surface area contributed by atoms with E-state index in [0.717, 1.165) is 36.3 Å². The van der Waals surface area contributed by atoms with Crippen molar-refractivity contribution in [1.82, 2.24) is 20.4 Å². The number of aromatic amines is 1. The second-order valence-corrected chi connectivity index (χ2v) is 6.56. The molecular formula is C16H21BrN4. The summed E-state index contributed by atoms with van der Waals surface area (Å²) in [4.78, 5) is 2.54. The Kier molecular flexibility index (Phi) is 5.06. The quantitative estimate of drug-likeness (QED) is 0.872. The molecule has 0 radical (unpaired) electrons. The molecule has 0 spiro atoms. The van der Waals surface area contributed by atoms with Crippen LogP contribution in [0.3, 0.4) is 0 Å². The lowest BCUT2D eigenvalue weighted by atomic mass is 10.0. The Balaban J connectivity index is 1.41. The Hall–Kier alpha value is -1.17. The van der Waals surface area contributed by atoms with Crippen LogP contribution in [0.15, 0.2) is 41.0 Å². The summed E-state index contributed by atoms with van der Waals surface area (Å²) in [5.41, 5.74) is 2.55. The third kappa shape index (κ3) is 4.40. The normalized spacial score (nSPS) is 17.2. The maximum atomic E-state index is 3.97. The van der Waals surface area contributed by atoms with Crippen LogP contribution in [0, 0.1) is 0 Å². The van der Waals surface area contributed by atoms with Crippen molar-refractivity contribution in [2.75, 3.05) is 13.1 Å². The van der Waals surface area contributed by atoms with Crippen molar-refractivity contribution >= 4 is 15.9 Å². The maximum Gasteiger partial charge on any atom is 0.0490 e. The zero-order valence-electron chi connectivity index (χ0n) is 12.1. The fraction of sp³-hybridized carbons (Fsp3) is 0.438. The van der Waals surface area contributed by atoms with Gasteiger partial charge in [-0.05, 0) is 49.7 Å². The third-order valence-electron chi connectivity index (χ3n) is 4.05. The van der Waals surface area contributed by atoms with Crippen LogP contribution in [-0.2, 0) is 13.1 Å². The van der Waals surface area contributed by atoms with Gasteiger partial charge in [-0.15, -0.1) is 0 Å². The van der Waals surface area contributed by atoms with E-state index in [-0.39, 0.29) is 0 Å². The summed E-state index contributed by atoms with van der Waals surface area (Å²) in [5.74, 6) is 0. The molecule has 1 aromatic heterocycles. The number of nitrogens with one attached hydrogen (secondary N) is 2. The molecule has 2 N–H and O–H groups in total. The number of nitrogens with zero attached hydrogens (tertiary/aromatic N) is 2. The fourth-order valence-corrected chi connectivity index (χ4v) is 3.04. The van der Waals surface area contributed by atoms with Gasteiger partial charge in [-0.1, -0.05) is 28.1 Å². The first-order valence-corrected chi connectivity index (χ1v) is 8.27. The number of hydrogen-bond donors (Lipinski definition) is 2. The zero-order valence-corrected chi connectivity index (χ0v) is 13.6. The summed E-state index contributed by atoms with van der Waals surface area (Å²) < 4.78 is 1.15. The predicted molar refractivity (Wildman–Crippen MR) is 87.9 cm³/mol. The highest BCUT2D eigenvalue weighted by atomic mass is 79.9. The molecule has 1 aromatic carbocycles. The molecular weight excluding hydrogens is 328 g/mol. The van der Waals surface area contributed by atoms with Gasteiger partial charge in [0.05, 0.1) is 0 Å². The zero-order chi connectivity index (χ0) is 14.5. The first kappa shape index (κ1) is 14.8. The lowest BCUT2D eigenvalue weighted by molar-refractivity contribution is 0.190. The SMILES string of the molecule is Brc1ccc(CN2CCC(NCc3ccn[nH]3)CC2)cc1. The minimum atomic E-state index is 0.620. The molecule has 0 bridgehead atoms. The number of piperidine rings is 1. The predicted octanol–water partition coefficient (Wildman–Crippen LogP) is 2.93. The lowest BCUT2D eigenvalue weighted by Crippen LogP contribution is -2.41. The summed E-state index contributed by atoms with van der Waals surface area (Å²) in [6, 6.07) is 11.3. The average Bonchev–Trinajstić information content (AvgIpc) is 3.02. The van der Waals surface area contributed by atoms with Gasteiger partial charge in [0, 0.05) is 35.5 Å². The highest BCUT2D eigenvalue weighted by Crippen LogP contribution is 2.16. The summed E-state index contributed by atoms with van der Waals surface area (Å²) in [6.45, 7) is 4.27. The molecule has 2 heterocycles. The first-order valence-electron chi connectivity index (χ1n) is 7.48. The first-order chi connectivity index (χ1) is 10.3. The number of hydrogen-bond acceptors (Lipinski definition) is 3. The van der Waals surface area contributed by atoms with E-state index in [4.69, 9.17) is 0 Å². The van der Waals surface area contributed by atoms with Gasteiger partial charge in [-0.3, -0.25) is 10.00 Å². The van der Waals surface area contributed by atoms with Crippen LogP contribution in [0.2, 0.25) is 0 Å². The number of halogens is 1. The summed E-state index contributed by atoms with van der Waals surface area (Å²) >= 11 is 3.48. The number of likely N-dealkylation sites (tertiary alicyclic amines) is 1. The number of benzene rings is 1. The van der Waals surface area contributed by atoms with Gasteiger partial charge in [-0.2, -0.15) is 5.10 Å². The number of H-pyrrole nitrogens is 1. The van der Waals surface area contributed by atoms with Crippen molar-refractivity contribution in [1.29, 1.82) is 0 Å². The van der Waals surface area contributed by atoms with Crippen LogP contribution in [0.1, 0.15) is 24.1 Å². The molecule has 0 aliphatic carbocycles. The van der Waals surface area contributed by atoms with Crippen molar-refractivity contribution in [2.45, 2.75) is 32.0 Å². The minimum absolute atomic E-state index is 0.620. The number of aromatic nitrogens is 2. The van der Waals surface area contributed by atoms with Gasteiger partial charge in [0.15, 0.2) is 0 Å². The molecule has 4 nitrogen and oxygen atoms in total. The largest absolute Gasteiger partial charge is 0.308 e. The molecule has 1 fully saturated rings. The molecule has 0 atom stereocenters. The Morgan fingerprint density at radius 3 is 2.62 bits per heavy atom. The number of rotatable bonds is 5. The van der Waals surface area contributed by atoms with Gasteiger partial charge >= 0.3 is 0 Å². The van der Waals surface area contributed by atoms with E-state index in [1.54, 1.807) is 6.20 Å². The van der Waals surface area contributed by atoms with Gasteiger partial charge in [0.1, 0.15) is 0 Å². The van der Waals surface area contributed by atoms with E-state index in [0.29, 0.717) is 6.04 Å². The summed E-state index contributed by atoms with van der Waals surface area (Å²) in [6.07, 6.45) is 4.23. The molecule has 5 heteroatoms. The molecule has 1 aliphatic heterocycles. The van der Waals surface area contributed by atoms with Crippen LogP contribution in [0.25, 0.3) is 0 Å². The second kappa shape index (κ2) is 7.20. The Bertz CT molecular complexity index is 530. The van der Waals surface area contributed by atoms with Crippen LogP contribution in [0.5, 0.6) is 0 Å². The van der Waals surface area contributed by atoms with E-state index in [2.05, 4.69) is 60.6 Å². The van der Waals surface area contributed by atoms with Gasteiger partial charge in [0.2, 0.25) is 0 Å². The van der Waals surface area contributed by atoms with Gasteiger partial charge < -0.3 is 5.32 Å². The van der Waals surface area contributed by atoms with Crippen molar-refractivity contribution in [2.24, 2.45) is 0 Å². The van der Waals surface area contributed by atoms with Crippen LogP contribution >= 0.6 is 15.9 Å². The molecule has 0 amide bonds. The van der Waals surface area contributed by atoms with E-state index in [9.17, 15) is 0 Å². The molecule has 1 saturated heterocycles. The maximum absolute atomic E-state index is 3.97. The average molecular weight is 349 g/mol. The van der Waals surface area contributed by atoms with Crippen LogP contribution < -0.4 is 5.32 Å². The Labute approximate surface area is 134 Å². The Morgan fingerprint density at radius 2 is 1.95 bits per heavy atom. The van der Waals surface area contributed by atoms with Crippen molar-refractivity contribution in [3.63, 3.8) is 0 Å². The monoisotopic (exact) mass is 348 g/mol. The molecule has 3 rings (SSSR count). The highest BCUT2D eigenvalue weighted by Gasteiger charge is 2.18. The smallest absolute Gasteiger partial charge is 0.0490 e. The van der Waals surface area contributed by atoms with Crippen LogP contribution in [-0.4, -0.2) is 34.2 Å². The standard InChI is InChI=1S/C16H21BrN4/c17-14-3-1-13(2-4-14)12-21-9-6-15(7-10-21)18-11-16-5-8-19-20-16/h1-5,8,15,18H,6-7,9-12H2,(H,19,20). The van der Waals surface area contributed by atoms with Gasteiger partial charge in [0.25, 0.3) is 0 Å². The molecule has 2 aromatic rings. The third-order valence-corrected chi connectivity index (χ3v) is 4.58. The van der Waals surface area contributed by atoms with Crippen molar-refractivity contribution < 1.29 is 0 Å². The van der Waals surface area contributed by atoms with Gasteiger partial charge in [-0.25, -0.2) is 0 Å². The van der Waals surface area contributed by atoms with Crippen molar-refractivity contribution in [3.05, 3.63) is 52.3 Å². The molecule has 1 aliphatic rings. The minimum Gasteiger partial charge on any atom is -0.308 e. The van der Waals surface area contributed by atoms with Crippen LogP contribution in [0.4, 0.5) is 0 Å². The Morgan fingerprint density at radius 1 is 1.19 bits per heavy atom. The molecule has 21 heavy (non-hydrogen) atoms. The summed E-state index contributed by atoms with van der Waals surface area (Å²) in [7, 11) is 0. The second-order valence-electron chi connectivity index (χ2n) is 5.64. The molecule has 112 valence electrons. The molecule has 0 saturated carbocycles. The fourth-order valence-electron chi connectivity index (χ4n) is 2.78. The lowest BCUT2D eigenvalue weighted by Gasteiger charge is -2.32. The molecule has 0 unspecified atom stereocenters. The van der Waals surface area contributed by atoms with Crippen molar-refractivity contribution in [3.8, 4) is 0 Å². The van der Waals surface area contributed by atoms with E-state index in [1.807, 2.05) is 6.07 Å². The van der Waals surface area contributed by atoms with E-state index in [1.165, 1.54) is 18.4 Å². The topological polar surface area (TPSA) is 44.0 Å². The highest BCUT2D eigenvalue weighted by molar-refractivity contribution is 9.10.